The number of carbonyl (C=O) groups is 1. The van der Waals surface area contributed by atoms with Gasteiger partial charge in [-0.1, -0.05) is 12.1 Å². The van der Waals surface area contributed by atoms with Gasteiger partial charge in [-0.15, -0.1) is 0 Å². The summed E-state index contributed by atoms with van der Waals surface area (Å²) in [5.41, 5.74) is 0.510. The largest absolute Gasteiger partial charge is 0.481 e. The van der Waals surface area contributed by atoms with Crippen molar-refractivity contribution in [2.75, 3.05) is 18.0 Å². The Balaban J connectivity index is 2.17. The Hall–Kier alpha value is -2.11. The maximum atomic E-state index is 10.7. The molecule has 6 nitrogen and oxygen atoms in total. The smallest absolute Gasteiger partial charge is 0.310 e. The van der Waals surface area contributed by atoms with E-state index in [1.165, 1.54) is 6.07 Å². The van der Waals surface area contributed by atoms with Crippen LogP contribution in [0.2, 0.25) is 0 Å². The fraction of sp³-hybridized carbons (Fsp3) is 0.300. The van der Waals surface area contributed by atoms with Crippen LogP contribution in [0.15, 0.2) is 24.3 Å². The first-order valence-electron chi connectivity index (χ1n) is 4.81. The van der Waals surface area contributed by atoms with Gasteiger partial charge in [0.15, 0.2) is 0 Å². The highest BCUT2D eigenvalue weighted by Gasteiger charge is 2.35. The Bertz CT molecular complexity index is 440. The minimum atomic E-state index is -0.852. The number of benzene rings is 1. The molecule has 1 heterocycles. The summed E-state index contributed by atoms with van der Waals surface area (Å²) in [7, 11) is 0. The number of hydrogen-bond donors (Lipinski definition) is 1. The number of carboxylic acids is 1. The number of nitrogens with zero attached hydrogens (tertiary/aromatic N) is 2. The first kappa shape index (κ1) is 10.4. The number of hydrogen-bond acceptors (Lipinski definition) is 4. The van der Waals surface area contributed by atoms with Crippen LogP contribution in [0.4, 0.5) is 11.4 Å². The fourth-order valence-corrected chi connectivity index (χ4v) is 1.72. The predicted octanol–water partition coefficient (Wildman–Crippen LogP) is 1.12. The molecule has 0 spiro atoms. The van der Waals surface area contributed by atoms with Gasteiger partial charge in [-0.05, 0) is 6.07 Å². The molecule has 1 aromatic rings. The molecule has 0 bridgehead atoms. The van der Waals surface area contributed by atoms with Gasteiger partial charge in [-0.25, -0.2) is 0 Å². The zero-order valence-electron chi connectivity index (χ0n) is 8.37. The molecule has 1 aliphatic rings. The first-order valence-corrected chi connectivity index (χ1v) is 4.81. The summed E-state index contributed by atoms with van der Waals surface area (Å²) in [6, 6.07) is 6.35. The van der Waals surface area contributed by atoms with Crippen LogP contribution in [0.1, 0.15) is 0 Å². The third-order valence-electron chi connectivity index (χ3n) is 2.65. The lowest BCUT2D eigenvalue weighted by molar-refractivity contribution is -0.384. The molecule has 1 aromatic carbocycles. The summed E-state index contributed by atoms with van der Waals surface area (Å²) in [5, 5.41) is 19.5. The number of anilines is 1. The molecule has 1 fully saturated rings. The summed E-state index contributed by atoms with van der Waals surface area (Å²) >= 11 is 0. The van der Waals surface area contributed by atoms with E-state index in [2.05, 4.69) is 0 Å². The summed E-state index contributed by atoms with van der Waals surface area (Å²) in [4.78, 5) is 22.6. The highest BCUT2D eigenvalue weighted by molar-refractivity contribution is 5.76. The molecule has 0 saturated carbocycles. The SMILES string of the molecule is O=C(O)C1CN(c2ccccc2[N+](=O)[O-])C1. The Morgan fingerprint density at radius 2 is 2.06 bits per heavy atom. The zero-order valence-corrected chi connectivity index (χ0v) is 8.37. The number of rotatable bonds is 3. The van der Waals surface area contributed by atoms with Crippen LogP contribution < -0.4 is 4.90 Å². The van der Waals surface area contributed by atoms with Crippen molar-refractivity contribution in [3.63, 3.8) is 0 Å². The molecular formula is C10H10N2O4. The summed E-state index contributed by atoms with van der Waals surface area (Å²) in [5.74, 6) is -1.27. The second-order valence-corrected chi connectivity index (χ2v) is 3.69. The summed E-state index contributed by atoms with van der Waals surface area (Å²) in [6.07, 6.45) is 0. The van der Waals surface area contributed by atoms with Crippen molar-refractivity contribution in [3.8, 4) is 0 Å². The average Bonchev–Trinajstić information content (AvgIpc) is 2.15. The van der Waals surface area contributed by atoms with Gasteiger partial charge < -0.3 is 10.0 Å². The Kier molecular flexibility index (Phi) is 2.47. The molecular weight excluding hydrogens is 212 g/mol. The van der Waals surface area contributed by atoms with E-state index in [9.17, 15) is 14.9 Å². The highest BCUT2D eigenvalue weighted by atomic mass is 16.6. The van der Waals surface area contributed by atoms with Crippen LogP contribution in [0.25, 0.3) is 0 Å². The monoisotopic (exact) mass is 222 g/mol. The normalized spacial score (nSPS) is 15.6. The van der Waals surface area contributed by atoms with Crippen LogP contribution in [0, 0.1) is 16.0 Å². The molecule has 0 atom stereocenters. The number of nitro groups is 1. The lowest BCUT2D eigenvalue weighted by Gasteiger charge is -2.38. The third kappa shape index (κ3) is 1.69. The van der Waals surface area contributed by atoms with Crippen molar-refractivity contribution in [2.24, 2.45) is 5.92 Å². The fourth-order valence-electron chi connectivity index (χ4n) is 1.72. The van der Waals surface area contributed by atoms with Gasteiger partial charge in [0.1, 0.15) is 5.69 Å². The van der Waals surface area contributed by atoms with Crippen LogP contribution in [-0.4, -0.2) is 29.1 Å². The van der Waals surface area contributed by atoms with Crippen LogP contribution in [0.3, 0.4) is 0 Å². The van der Waals surface area contributed by atoms with Crippen LogP contribution in [0.5, 0.6) is 0 Å². The maximum Gasteiger partial charge on any atom is 0.310 e. The van der Waals surface area contributed by atoms with E-state index in [1.54, 1.807) is 23.1 Å². The average molecular weight is 222 g/mol. The van der Waals surface area contributed by atoms with Crippen molar-refractivity contribution >= 4 is 17.3 Å². The molecule has 1 aliphatic heterocycles. The zero-order chi connectivity index (χ0) is 11.7. The van der Waals surface area contributed by atoms with E-state index in [0.29, 0.717) is 18.8 Å². The van der Waals surface area contributed by atoms with Crippen molar-refractivity contribution in [3.05, 3.63) is 34.4 Å². The summed E-state index contributed by atoms with van der Waals surface area (Å²) < 4.78 is 0. The molecule has 0 aromatic heterocycles. The predicted molar refractivity (Wildman–Crippen MR) is 56.4 cm³/mol. The van der Waals surface area contributed by atoms with E-state index < -0.39 is 16.8 Å². The minimum Gasteiger partial charge on any atom is -0.481 e. The number of para-hydroxylation sites is 2. The molecule has 0 radical (unpaired) electrons. The first-order chi connectivity index (χ1) is 7.59. The third-order valence-corrected chi connectivity index (χ3v) is 2.65. The molecule has 2 rings (SSSR count). The van der Waals surface area contributed by atoms with Gasteiger partial charge in [0.2, 0.25) is 0 Å². The minimum absolute atomic E-state index is 0.0198. The van der Waals surface area contributed by atoms with Gasteiger partial charge in [-0.2, -0.15) is 0 Å². The van der Waals surface area contributed by atoms with E-state index in [-0.39, 0.29) is 5.69 Å². The second kappa shape index (κ2) is 3.80. The lowest BCUT2D eigenvalue weighted by atomic mass is 9.99. The quantitative estimate of drug-likeness (QED) is 0.611. The molecule has 0 aliphatic carbocycles. The molecule has 6 heteroatoms. The van der Waals surface area contributed by atoms with Crippen molar-refractivity contribution in [2.45, 2.75) is 0 Å². The maximum absolute atomic E-state index is 10.7. The summed E-state index contributed by atoms with van der Waals surface area (Å²) in [6.45, 7) is 0.667. The van der Waals surface area contributed by atoms with Gasteiger partial charge in [-0.3, -0.25) is 14.9 Å². The van der Waals surface area contributed by atoms with E-state index in [1.807, 2.05) is 0 Å². The molecule has 16 heavy (non-hydrogen) atoms. The van der Waals surface area contributed by atoms with Gasteiger partial charge in [0, 0.05) is 19.2 Å². The van der Waals surface area contributed by atoms with Crippen molar-refractivity contribution in [1.82, 2.24) is 0 Å². The number of nitro benzene ring substituents is 1. The van der Waals surface area contributed by atoms with Gasteiger partial charge >= 0.3 is 5.97 Å². The van der Waals surface area contributed by atoms with Crippen molar-refractivity contribution in [1.29, 1.82) is 0 Å². The van der Waals surface area contributed by atoms with E-state index >= 15 is 0 Å². The van der Waals surface area contributed by atoms with Crippen LogP contribution in [-0.2, 0) is 4.79 Å². The van der Waals surface area contributed by atoms with Crippen molar-refractivity contribution < 1.29 is 14.8 Å². The standard InChI is InChI=1S/C10H10N2O4/c13-10(14)7-5-11(6-7)8-3-1-2-4-9(8)12(15)16/h1-4,7H,5-6H2,(H,13,14). The van der Waals surface area contributed by atoms with E-state index in [0.717, 1.165) is 0 Å². The van der Waals surface area contributed by atoms with Gasteiger partial charge in [0.05, 0.1) is 10.8 Å². The van der Waals surface area contributed by atoms with Gasteiger partial charge in [0.25, 0.3) is 5.69 Å². The molecule has 1 N–H and O–H groups in total. The highest BCUT2D eigenvalue weighted by Crippen LogP contribution is 2.32. The topological polar surface area (TPSA) is 83.7 Å². The Morgan fingerprint density at radius 1 is 1.44 bits per heavy atom. The van der Waals surface area contributed by atoms with E-state index in [4.69, 9.17) is 5.11 Å². The Labute approximate surface area is 91.3 Å². The number of carboxylic acid groups (broad SMARTS) is 1. The molecule has 1 saturated heterocycles. The number of aliphatic carboxylic acids is 1. The Morgan fingerprint density at radius 3 is 2.62 bits per heavy atom. The molecule has 84 valence electrons. The second-order valence-electron chi connectivity index (χ2n) is 3.69. The lowest BCUT2D eigenvalue weighted by Crippen LogP contribution is -2.50. The van der Waals surface area contributed by atoms with Crippen LogP contribution >= 0.6 is 0 Å². The molecule has 0 unspecified atom stereocenters. The molecule has 0 amide bonds.